The monoisotopic (exact) mass is 206 g/mol. The summed E-state index contributed by atoms with van der Waals surface area (Å²) in [7, 11) is 0. The molecule has 0 spiro atoms. The number of hydrogen-bond donors (Lipinski definition) is 1. The minimum Gasteiger partial charge on any atom is -0.494 e. The summed E-state index contributed by atoms with van der Waals surface area (Å²) in [6.45, 7) is 4.55. The molecular formula is C13H18O2. The van der Waals surface area contributed by atoms with Crippen LogP contribution in [0.2, 0.25) is 0 Å². The van der Waals surface area contributed by atoms with Crippen molar-refractivity contribution < 1.29 is 9.84 Å². The number of aliphatic hydroxyl groups excluding tert-OH is 1. The highest BCUT2D eigenvalue weighted by Gasteiger charge is 1.94. The van der Waals surface area contributed by atoms with Crippen molar-refractivity contribution in [1.82, 2.24) is 0 Å². The number of benzene rings is 1. The molecule has 0 fully saturated rings. The average molecular weight is 206 g/mol. The molecule has 1 unspecified atom stereocenters. The molecule has 0 heterocycles. The summed E-state index contributed by atoms with van der Waals surface area (Å²) in [5.74, 6) is 0.879. The predicted molar refractivity (Wildman–Crippen MR) is 62.9 cm³/mol. The van der Waals surface area contributed by atoms with Crippen LogP contribution in [0.4, 0.5) is 0 Å². The van der Waals surface area contributed by atoms with Crippen LogP contribution < -0.4 is 4.74 Å². The molecule has 2 heteroatoms. The molecule has 0 radical (unpaired) electrons. The first-order valence-corrected chi connectivity index (χ1v) is 5.31. The van der Waals surface area contributed by atoms with Gasteiger partial charge >= 0.3 is 0 Å². The van der Waals surface area contributed by atoms with E-state index in [1.807, 2.05) is 30.3 Å². The van der Waals surface area contributed by atoms with E-state index in [0.29, 0.717) is 0 Å². The summed E-state index contributed by atoms with van der Waals surface area (Å²) in [4.78, 5) is 0. The van der Waals surface area contributed by atoms with Gasteiger partial charge in [0.05, 0.1) is 12.7 Å². The maximum Gasteiger partial charge on any atom is 0.119 e. The normalized spacial score (nSPS) is 13.0. The molecule has 15 heavy (non-hydrogen) atoms. The maximum atomic E-state index is 9.11. The fraction of sp³-hybridized carbons (Fsp3) is 0.385. The van der Waals surface area contributed by atoms with Gasteiger partial charge in [0.2, 0.25) is 0 Å². The summed E-state index contributed by atoms with van der Waals surface area (Å²) in [5, 5.41) is 9.11. The van der Waals surface area contributed by atoms with Crippen molar-refractivity contribution in [2.75, 3.05) is 6.61 Å². The van der Waals surface area contributed by atoms with E-state index in [0.717, 1.165) is 24.3 Å². The molecule has 1 aromatic rings. The second kappa shape index (κ2) is 6.25. The van der Waals surface area contributed by atoms with Crippen molar-refractivity contribution in [3.63, 3.8) is 0 Å². The molecule has 0 saturated carbocycles. The van der Waals surface area contributed by atoms with Gasteiger partial charge < -0.3 is 9.84 Å². The van der Waals surface area contributed by atoms with Gasteiger partial charge in [-0.05, 0) is 31.0 Å². The lowest BCUT2D eigenvalue weighted by molar-refractivity contribution is 0.245. The maximum absolute atomic E-state index is 9.11. The van der Waals surface area contributed by atoms with Crippen molar-refractivity contribution in [3.8, 4) is 5.75 Å². The lowest BCUT2D eigenvalue weighted by Gasteiger charge is -2.04. The topological polar surface area (TPSA) is 29.5 Å². The Labute approximate surface area is 91.2 Å². The van der Waals surface area contributed by atoms with Crippen LogP contribution in [0.5, 0.6) is 5.75 Å². The van der Waals surface area contributed by atoms with Gasteiger partial charge in [0.1, 0.15) is 5.75 Å². The second-order valence-corrected chi connectivity index (χ2v) is 3.52. The first kappa shape index (κ1) is 11.8. The zero-order valence-corrected chi connectivity index (χ0v) is 9.31. The van der Waals surface area contributed by atoms with Crippen LogP contribution in [0, 0.1) is 0 Å². The number of rotatable bonds is 5. The molecule has 0 saturated heterocycles. The van der Waals surface area contributed by atoms with Crippen molar-refractivity contribution in [2.45, 2.75) is 26.4 Å². The lowest BCUT2D eigenvalue weighted by atomic mass is 10.2. The smallest absolute Gasteiger partial charge is 0.119 e. The fourth-order valence-electron chi connectivity index (χ4n) is 1.18. The quantitative estimate of drug-likeness (QED) is 0.802. The molecule has 0 aliphatic carbocycles. The van der Waals surface area contributed by atoms with Gasteiger partial charge in [-0.3, -0.25) is 0 Å². The molecule has 0 amide bonds. The molecular weight excluding hydrogens is 188 g/mol. The predicted octanol–water partition coefficient (Wildman–Crippen LogP) is 2.87. The highest BCUT2D eigenvalue weighted by Crippen LogP contribution is 2.14. The van der Waals surface area contributed by atoms with Crippen LogP contribution in [0.3, 0.4) is 0 Å². The Kier molecular flexibility index (Phi) is 4.91. The molecule has 0 aliphatic heterocycles. The van der Waals surface area contributed by atoms with Gasteiger partial charge in [-0.25, -0.2) is 0 Å². The number of ether oxygens (including phenoxy) is 1. The molecule has 0 aromatic heterocycles. The Morgan fingerprint density at radius 3 is 2.93 bits per heavy atom. The van der Waals surface area contributed by atoms with Crippen LogP contribution in [-0.2, 0) is 0 Å². The Morgan fingerprint density at radius 1 is 1.47 bits per heavy atom. The standard InChI is InChI=1S/C13H18O2/c1-3-9-15-13-6-4-5-12(10-13)8-7-11(2)14/h4-8,10-11,14H,3,9H2,1-2H3/b8-7+. The third-order valence-corrected chi connectivity index (χ3v) is 1.90. The molecule has 0 bridgehead atoms. The minimum absolute atomic E-state index is 0.412. The van der Waals surface area contributed by atoms with Crippen LogP contribution >= 0.6 is 0 Å². The van der Waals surface area contributed by atoms with Crippen LogP contribution in [-0.4, -0.2) is 17.8 Å². The highest BCUT2D eigenvalue weighted by molar-refractivity contribution is 5.52. The number of hydrogen-bond acceptors (Lipinski definition) is 2. The lowest BCUT2D eigenvalue weighted by Crippen LogP contribution is -1.95. The highest BCUT2D eigenvalue weighted by atomic mass is 16.5. The van der Waals surface area contributed by atoms with E-state index in [2.05, 4.69) is 6.92 Å². The van der Waals surface area contributed by atoms with Crippen molar-refractivity contribution in [2.24, 2.45) is 0 Å². The zero-order chi connectivity index (χ0) is 11.1. The van der Waals surface area contributed by atoms with Gasteiger partial charge in [0.25, 0.3) is 0 Å². The first-order chi connectivity index (χ1) is 7.22. The Bertz CT molecular complexity index is 316. The Balaban J connectivity index is 2.65. The second-order valence-electron chi connectivity index (χ2n) is 3.52. The molecule has 0 aliphatic rings. The molecule has 82 valence electrons. The Morgan fingerprint density at radius 2 is 2.27 bits per heavy atom. The third-order valence-electron chi connectivity index (χ3n) is 1.90. The van der Waals surface area contributed by atoms with Gasteiger partial charge in [0, 0.05) is 0 Å². The van der Waals surface area contributed by atoms with Crippen molar-refractivity contribution in [1.29, 1.82) is 0 Å². The average Bonchev–Trinajstić information content (AvgIpc) is 2.24. The summed E-state index contributed by atoms with van der Waals surface area (Å²) in [5.41, 5.74) is 1.05. The largest absolute Gasteiger partial charge is 0.494 e. The summed E-state index contributed by atoms with van der Waals surface area (Å²) < 4.78 is 5.51. The van der Waals surface area contributed by atoms with E-state index in [1.54, 1.807) is 13.0 Å². The van der Waals surface area contributed by atoms with Crippen LogP contribution in [0.15, 0.2) is 30.3 Å². The van der Waals surface area contributed by atoms with Crippen LogP contribution in [0.25, 0.3) is 6.08 Å². The summed E-state index contributed by atoms with van der Waals surface area (Å²) in [6.07, 6.45) is 4.24. The molecule has 1 atom stereocenters. The molecule has 1 rings (SSSR count). The van der Waals surface area contributed by atoms with Crippen LogP contribution in [0.1, 0.15) is 25.8 Å². The zero-order valence-electron chi connectivity index (χ0n) is 9.31. The molecule has 1 aromatic carbocycles. The van der Waals surface area contributed by atoms with Gasteiger partial charge in [-0.1, -0.05) is 31.2 Å². The summed E-state index contributed by atoms with van der Waals surface area (Å²) in [6, 6.07) is 7.84. The van der Waals surface area contributed by atoms with E-state index in [-0.39, 0.29) is 0 Å². The molecule has 2 nitrogen and oxygen atoms in total. The van der Waals surface area contributed by atoms with Gasteiger partial charge in [0.15, 0.2) is 0 Å². The Hall–Kier alpha value is -1.28. The number of aliphatic hydroxyl groups is 1. The van der Waals surface area contributed by atoms with E-state index in [1.165, 1.54) is 0 Å². The first-order valence-electron chi connectivity index (χ1n) is 5.31. The van der Waals surface area contributed by atoms with Gasteiger partial charge in [-0.15, -0.1) is 0 Å². The summed E-state index contributed by atoms with van der Waals surface area (Å²) >= 11 is 0. The minimum atomic E-state index is -0.412. The van der Waals surface area contributed by atoms with E-state index in [4.69, 9.17) is 9.84 Å². The van der Waals surface area contributed by atoms with E-state index in [9.17, 15) is 0 Å². The van der Waals surface area contributed by atoms with Gasteiger partial charge in [-0.2, -0.15) is 0 Å². The van der Waals surface area contributed by atoms with E-state index >= 15 is 0 Å². The van der Waals surface area contributed by atoms with Crippen molar-refractivity contribution in [3.05, 3.63) is 35.9 Å². The molecule has 1 N–H and O–H groups in total. The SMILES string of the molecule is CCCOc1cccc(/C=C/C(C)O)c1. The fourth-order valence-corrected chi connectivity index (χ4v) is 1.18. The third kappa shape index (κ3) is 4.66. The van der Waals surface area contributed by atoms with Crippen molar-refractivity contribution >= 4 is 6.08 Å². The van der Waals surface area contributed by atoms with E-state index < -0.39 is 6.10 Å².